The molecule has 2 aliphatic rings. The normalized spacial score (nSPS) is 26.0. The molecule has 1 nitrogen and oxygen atoms in total. The lowest BCUT2D eigenvalue weighted by molar-refractivity contribution is 0.377. The first kappa shape index (κ1) is 15.8. The van der Waals surface area contributed by atoms with Gasteiger partial charge in [-0.25, -0.2) is 0 Å². The predicted octanol–water partition coefficient (Wildman–Crippen LogP) is 5.92. The fourth-order valence-corrected chi connectivity index (χ4v) is 3.36. The SMILES string of the molecule is CC1=C(/C=C/C(C)=C2C=C/C(=C/C=N)C/2)C(C)(C)CCC1. The highest BCUT2D eigenvalue weighted by Crippen LogP contribution is 2.41. The van der Waals surface area contributed by atoms with Crippen LogP contribution in [0.5, 0.6) is 0 Å². The Balaban J connectivity index is 2.20. The number of hydrogen-bond donors (Lipinski definition) is 1. The van der Waals surface area contributed by atoms with E-state index in [1.165, 1.54) is 47.8 Å². The molecule has 0 aromatic heterocycles. The molecule has 0 bridgehead atoms. The molecule has 1 heteroatoms. The van der Waals surface area contributed by atoms with Gasteiger partial charge in [-0.1, -0.05) is 43.7 Å². The molecule has 2 aliphatic carbocycles. The van der Waals surface area contributed by atoms with E-state index in [0.717, 1.165) is 6.42 Å². The van der Waals surface area contributed by atoms with E-state index in [9.17, 15) is 0 Å². The molecule has 2 rings (SSSR count). The highest BCUT2D eigenvalue weighted by atomic mass is 14.3. The Morgan fingerprint density at radius 2 is 2.05 bits per heavy atom. The fourth-order valence-electron chi connectivity index (χ4n) is 3.36. The Bertz CT molecular complexity index is 577. The fraction of sp³-hybridized carbons (Fsp3) is 0.450. The van der Waals surface area contributed by atoms with E-state index in [-0.39, 0.29) is 0 Å². The van der Waals surface area contributed by atoms with Crippen LogP contribution in [0.3, 0.4) is 0 Å². The second-order valence-electron chi connectivity index (χ2n) is 6.89. The van der Waals surface area contributed by atoms with Gasteiger partial charge >= 0.3 is 0 Å². The van der Waals surface area contributed by atoms with Crippen molar-refractivity contribution in [2.45, 2.75) is 53.4 Å². The lowest BCUT2D eigenvalue weighted by atomic mass is 9.72. The Morgan fingerprint density at radius 3 is 2.71 bits per heavy atom. The first-order valence-corrected chi connectivity index (χ1v) is 7.90. The van der Waals surface area contributed by atoms with Gasteiger partial charge < -0.3 is 5.41 Å². The van der Waals surface area contributed by atoms with Crippen molar-refractivity contribution in [2.24, 2.45) is 5.41 Å². The van der Waals surface area contributed by atoms with Crippen LogP contribution in [0.2, 0.25) is 0 Å². The molecule has 0 unspecified atom stereocenters. The predicted molar refractivity (Wildman–Crippen MR) is 92.8 cm³/mol. The highest BCUT2D eigenvalue weighted by molar-refractivity contribution is 5.71. The van der Waals surface area contributed by atoms with Gasteiger partial charge in [0.15, 0.2) is 0 Å². The van der Waals surface area contributed by atoms with Gasteiger partial charge in [-0.3, -0.25) is 0 Å². The highest BCUT2D eigenvalue weighted by Gasteiger charge is 2.26. The lowest BCUT2D eigenvalue weighted by Gasteiger charge is -2.33. The summed E-state index contributed by atoms with van der Waals surface area (Å²) in [5.74, 6) is 0. The average Bonchev–Trinajstić information content (AvgIpc) is 2.86. The van der Waals surface area contributed by atoms with E-state index in [1.54, 1.807) is 5.57 Å². The summed E-state index contributed by atoms with van der Waals surface area (Å²) in [5.41, 5.74) is 7.30. The Labute approximate surface area is 129 Å². The molecule has 0 heterocycles. The molecular formula is C20H27N. The summed E-state index contributed by atoms with van der Waals surface area (Å²) in [6, 6.07) is 0. The Hall–Kier alpha value is -1.63. The average molecular weight is 281 g/mol. The minimum absolute atomic E-state index is 0.306. The van der Waals surface area contributed by atoms with Crippen LogP contribution in [0, 0.1) is 10.8 Å². The zero-order valence-electron chi connectivity index (χ0n) is 13.8. The van der Waals surface area contributed by atoms with Gasteiger partial charge in [0.25, 0.3) is 0 Å². The molecule has 0 aliphatic heterocycles. The van der Waals surface area contributed by atoms with Crippen LogP contribution in [0.25, 0.3) is 0 Å². The van der Waals surface area contributed by atoms with E-state index in [4.69, 9.17) is 5.41 Å². The summed E-state index contributed by atoms with van der Waals surface area (Å²) in [4.78, 5) is 0. The molecule has 0 aromatic carbocycles. The first-order chi connectivity index (χ1) is 9.94. The Kier molecular flexibility index (Phi) is 4.82. The van der Waals surface area contributed by atoms with Crippen LogP contribution in [0.15, 0.2) is 58.2 Å². The van der Waals surface area contributed by atoms with E-state index in [1.807, 2.05) is 6.08 Å². The minimum Gasteiger partial charge on any atom is -0.309 e. The topological polar surface area (TPSA) is 23.9 Å². The molecule has 0 atom stereocenters. The van der Waals surface area contributed by atoms with Crippen molar-refractivity contribution < 1.29 is 0 Å². The van der Waals surface area contributed by atoms with Gasteiger partial charge in [-0.15, -0.1) is 0 Å². The third-order valence-corrected chi connectivity index (χ3v) is 4.74. The maximum Gasteiger partial charge on any atom is 0.0180 e. The molecule has 1 N–H and O–H groups in total. The van der Waals surface area contributed by atoms with Crippen LogP contribution >= 0.6 is 0 Å². The molecule has 0 spiro atoms. The van der Waals surface area contributed by atoms with E-state index < -0.39 is 0 Å². The molecule has 0 saturated carbocycles. The lowest BCUT2D eigenvalue weighted by Crippen LogP contribution is -2.19. The molecule has 0 aromatic rings. The molecule has 0 amide bonds. The number of rotatable bonds is 3. The van der Waals surface area contributed by atoms with Crippen LogP contribution < -0.4 is 0 Å². The van der Waals surface area contributed by atoms with Crippen molar-refractivity contribution >= 4 is 6.21 Å². The third kappa shape index (κ3) is 3.72. The van der Waals surface area contributed by atoms with Crippen LogP contribution in [0.4, 0.5) is 0 Å². The van der Waals surface area contributed by atoms with Crippen LogP contribution in [0.1, 0.15) is 53.4 Å². The van der Waals surface area contributed by atoms with E-state index >= 15 is 0 Å². The Morgan fingerprint density at radius 1 is 1.29 bits per heavy atom. The first-order valence-electron chi connectivity index (χ1n) is 7.90. The summed E-state index contributed by atoms with van der Waals surface area (Å²) in [6.07, 6.45) is 16.9. The summed E-state index contributed by atoms with van der Waals surface area (Å²) in [6.45, 7) is 9.19. The standard InChI is InChI=1S/C20H27N/c1-15(18-9-8-17(14-18)11-13-21)7-10-19-16(2)6-5-12-20(19,3)4/h7-11,13,21H,5-6,12,14H2,1-4H3/b10-7+,17-11-,18-15-,21-13?. The van der Waals surface area contributed by atoms with Crippen molar-refractivity contribution in [3.63, 3.8) is 0 Å². The maximum atomic E-state index is 7.15. The molecule has 112 valence electrons. The summed E-state index contributed by atoms with van der Waals surface area (Å²) in [7, 11) is 0. The number of nitrogens with one attached hydrogen (secondary N) is 1. The van der Waals surface area contributed by atoms with Gasteiger partial charge in [0.2, 0.25) is 0 Å². The van der Waals surface area contributed by atoms with E-state index in [0.29, 0.717) is 5.41 Å². The second kappa shape index (κ2) is 6.43. The van der Waals surface area contributed by atoms with Gasteiger partial charge in [-0.05, 0) is 73.3 Å². The second-order valence-corrected chi connectivity index (χ2v) is 6.89. The molecule has 0 radical (unpaired) electrons. The third-order valence-electron chi connectivity index (χ3n) is 4.74. The molecule has 21 heavy (non-hydrogen) atoms. The van der Waals surface area contributed by atoms with Crippen molar-refractivity contribution in [3.05, 3.63) is 58.2 Å². The van der Waals surface area contributed by atoms with Crippen LogP contribution in [-0.4, -0.2) is 6.21 Å². The van der Waals surface area contributed by atoms with Gasteiger partial charge in [0.05, 0.1) is 0 Å². The van der Waals surface area contributed by atoms with E-state index in [2.05, 4.69) is 52.0 Å². The largest absolute Gasteiger partial charge is 0.309 e. The number of hydrogen-bond acceptors (Lipinski definition) is 1. The molecule has 0 fully saturated rings. The van der Waals surface area contributed by atoms with Crippen molar-refractivity contribution in [1.29, 1.82) is 5.41 Å². The van der Waals surface area contributed by atoms with Crippen molar-refractivity contribution in [1.82, 2.24) is 0 Å². The summed E-state index contributed by atoms with van der Waals surface area (Å²) >= 11 is 0. The van der Waals surface area contributed by atoms with Crippen LogP contribution in [-0.2, 0) is 0 Å². The van der Waals surface area contributed by atoms with Gasteiger partial charge in [-0.2, -0.15) is 0 Å². The van der Waals surface area contributed by atoms with Crippen molar-refractivity contribution in [2.75, 3.05) is 0 Å². The van der Waals surface area contributed by atoms with Gasteiger partial charge in [0.1, 0.15) is 0 Å². The quantitative estimate of drug-likeness (QED) is 0.621. The summed E-state index contributed by atoms with van der Waals surface area (Å²) < 4.78 is 0. The van der Waals surface area contributed by atoms with Gasteiger partial charge in [0, 0.05) is 6.21 Å². The zero-order chi connectivity index (χ0) is 15.5. The maximum absolute atomic E-state index is 7.15. The zero-order valence-corrected chi connectivity index (χ0v) is 13.8. The molecular weight excluding hydrogens is 254 g/mol. The monoisotopic (exact) mass is 281 g/mol. The molecule has 0 saturated heterocycles. The van der Waals surface area contributed by atoms with Crippen molar-refractivity contribution in [3.8, 4) is 0 Å². The summed E-state index contributed by atoms with van der Waals surface area (Å²) in [5, 5.41) is 7.15. The smallest absolute Gasteiger partial charge is 0.0180 e. The minimum atomic E-state index is 0.306. The number of allylic oxidation sites excluding steroid dienone is 10.